The van der Waals surface area contributed by atoms with Gasteiger partial charge in [0.15, 0.2) is 11.8 Å². The van der Waals surface area contributed by atoms with E-state index in [2.05, 4.69) is 35.6 Å². The Labute approximate surface area is 254 Å². The van der Waals surface area contributed by atoms with E-state index in [1.54, 1.807) is 15.3 Å². The zero-order valence-electron chi connectivity index (χ0n) is 26.5. The molecule has 0 radical (unpaired) electrons. The van der Waals surface area contributed by atoms with Gasteiger partial charge in [-0.15, -0.1) is 11.7 Å². The van der Waals surface area contributed by atoms with E-state index in [4.69, 9.17) is 24.3 Å². The lowest BCUT2D eigenvalue weighted by Gasteiger charge is -2.41. The zero-order chi connectivity index (χ0) is 31.2. The molecule has 0 aliphatic carbocycles. The molecule has 4 rings (SSSR count). The van der Waals surface area contributed by atoms with Crippen molar-refractivity contribution in [2.45, 2.75) is 104 Å². The molecule has 236 valence electrons. The SMILES string of the molecule is C=CCOCc1cn(Cc2cc3nc(C)c(C(OC(C)(C)C)C(=O)O)c(N4CCC(C)(OCCCCC)CC4)n3n2)nn1. The lowest BCUT2D eigenvalue weighted by Crippen LogP contribution is -2.46. The van der Waals surface area contributed by atoms with Crippen LogP contribution in [0.3, 0.4) is 0 Å². The lowest BCUT2D eigenvalue weighted by atomic mass is 9.92. The molecule has 0 spiro atoms. The van der Waals surface area contributed by atoms with Crippen molar-refractivity contribution in [3.8, 4) is 0 Å². The summed E-state index contributed by atoms with van der Waals surface area (Å²) in [6.45, 7) is 18.7. The fourth-order valence-corrected chi connectivity index (χ4v) is 5.34. The highest BCUT2D eigenvalue weighted by molar-refractivity contribution is 5.78. The maximum absolute atomic E-state index is 12.7. The summed E-state index contributed by atoms with van der Waals surface area (Å²) in [6.07, 6.45) is 7.28. The number of aryl methyl sites for hydroxylation is 1. The Balaban J connectivity index is 1.69. The van der Waals surface area contributed by atoms with E-state index in [-0.39, 0.29) is 5.60 Å². The first-order valence-electron chi connectivity index (χ1n) is 15.2. The molecule has 0 amide bonds. The minimum absolute atomic E-state index is 0.227. The number of rotatable bonds is 15. The molecular weight excluding hydrogens is 550 g/mol. The van der Waals surface area contributed by atoms with Gasteiger partial charge in [0.1, 0.15) is 11.5 Å². The van der Waals surface area contributed by atoms with Gasteiger partial charge in [-0.3, -0.25) is 0 Å². The highest BCUT2D eigenvalue weighted by Gasteiger charge is 2.37. The van der Waals surface area contributed by atoms with E-state index in [1.165, 1.54) is 0 Å². The highest BCUT2D eigenvalue weighted by Crippen LogP contribution is 2.37. The van der Waals surface area contributed by atoms with Crippen LogP contribution in [0.25, 0.3) is 5.65 Å². The Kier molecular flexibility index (Phi) is 10.6. The molecule has 1 atom stereocenters. The minimum atomic E-state index is -1.22. The second-order valence-corrected chi connectivity index (χ2v) is 12.5. The molecule has 1 aliphatic heterocycles. The third kappa shape index (κ3) is 8.39. The van der Waals surface area contributed by atoms with Crippen LogP contribution in [0.15, 0.2) is 24.9 Å². The van der Waals surface area contributed by atoms with Crippen LogP contribution in [0.2, 0.25) is 0 Å². The highest BCUT2D eigenvalue weighted by atomic mass is 16.5. The second-order valence-electron chi connectivity index (χ2n) is 12.5. The molecule has 0 aromatic carbocycles. The molecule has 4 heterocycles. The number of aliphatic carboxylic acids is 1. The molecule has 12 heteroatoms. The first kappa shape index (κ1) is 32.6. The van der Waals surface area contributed by atoms with Crippen LogP contribution < -0.4 is 4.90 Å². The number of anilines is 1. The maximum atomic E-state index is 12.7. The summed E-state index contributed by atoms with van der Waals surface area (Å²) >= 11 is 0. The number of carboxylic acid groups (broad SMARTS) is 1. The van der Waals surface area contributed by atoms with Crippen molar-refractivity contribution >= 4 is 17.4 Å². The molecule has 1 N–H and O–H groups in total. The number of nitrogens with zero attached hydrogens (tertiary/aromatic N) is 7. The smallest absolute Gasteiger partial charge is 0.337 e. The van der Waals surface area contributed by atoms with Crippen molar-refractivity contribution in [1.82, 2.24) is 29.6 Å². The van der Waals surface area contributed by atoms with Gasteiger partial charge in [-0.1, -0.05) is 31.1 Å². The Morgan fingerprint density at radius 3 is 2.63 bits per heavy atom. The van der Waals surface area contributed by atoms with Gasteiger partial charge in [0, 0.05) is 31.5 Å². The van der Waals surface area contributed by atoms with Gasteiger partial charge in [-0.2, -0.15) is 9.61 Å². The standard InChI is InChI=1S/C31H47N7O5/c1-8-10-11-17-42-31(7)12-14-36(15-13-31)28-26(27(29(39)40)43-30(4,5)6)22(3)32-25-18-23(34-38(25)28)19-37-20-24(33-35-37)21-41-16-9-2/h9,18,20,27H,2,8,10-17,19,21H2,1,3-7H3,(H,39,40). The monoisotopic (exact) mass is 597 g/mol. The van der Waals surface area contributed by atoms with E-state index in [9.17, 15) is 9.90 Å². The quantitative estimate of drug-likeness (QED) is 0.191. The molecule has 1 unspecified atom stereocenters. The Hall–Kier alpha value is -3.35. The van der Waals surface area contributed by atoms with Crippen molar-refractivity contribution in [2.75, 3.05) is 31.2 Å². The average Bonchev–Trinajstić information content (AvgIpc) is 3.55. The molecular formula is C31H47N7O5. The number of fused-ring (bicyclic) bond motifs is 1. The van der Waals surface area contributed by atoms with Crippen molar-refractivity contribution in [3.63, 3.8) is 0 Å². The van der Waals surface area contributed by atoms with Crippen molar-refractivity contribution in [3.05, 3.63) is 47.6 Å². The van der Waals surface area contributed by atoms with Crippen molar-refractivity contribution < 1.29 is 24.1 Å². The van der Waals surface area contributed by atoms with E-state index >= 15 is 0 Å². The number of piperidine rings is 1. The fraction of sp³-hybridized carbons (Fsp3) is 0.645. The van der Waals surface area contributed by atoms with Crippen LogP contribution in [0.4, 0.5) is 5.82 Å². The number of carbonyl (C=O) groups is 1. The molecule has 1 aliphatic rings. The summed E-state index contributed by atoms with van der Waals surface area (Å²) in [4.78, 5) is 19.7. The van der Waals surface area contributed by atoms with Gasteiger partial charge in [0.25, 0.3) is 0 Å². The molecule has 1 saturated heterocycles. The number of ether oxygens (including phenoxy) is 3. The molecule has 3 aromatic heterocycles. The van der Waals surface area contributed by atoms with Crippen LogP contribution in [0, 0.1) is 6.92 Å². The van der Waals surface area contributed by atoms with Gasteiger partial charge in [-0.05, 0) is 53.9 Å². The number of aromatic nitrogens is 6. The molecule has 12 nitrogen and oxygen atoms in total. The summed E-state index contributed by atoms with van der Waals surface area (Å²) in [5.41, 5.74) is 2.25. The molecule has 0 saturated carbocycles. The summed E-state index contributed by atoms with van der Waals surface area (Å²) in [6, 6.07) is 1.90. The van der Waals surface area contributed by atoms with E-state index in [0.717, 1.165) is 44.4 Å². The average molecular weight is 598 g/mol. The van der Waals surface area contributed by atoms with E-state index in [0.29, 0.717) is 61.3 Å². The Morgan fingerprint density at radius 1 is 1.23 bits per heavy atom. The summed E-state index contributed by atoms with van der Waals surface area (Å²) in [5.74, 6) is -0.377. The number of carboxylic acids is 1. The van der Waals surface area contributed by atoms with E-state index in [1.807, 2.05) is 40.0 Å². The topological polar surface area (TPSA) is 129 Å². The lowest BCUT2D eigenvalue weighted by molar-refractivity contribution is -0.160. The van der Waals surface area contributed by atoms with Crippen molar-refractivity contribution in [2.24, 2.45) is 0 Å². The largest absolute Gasteiger partial charge is 0.479 e. The van der Waals surface area contributed by atoms with Crippen LogP contribution in [0.5, 0.6) is 0 Å². The third-order valence-corrected chi connectivity index (χ3v) is 7.53. The second kappa shape index (κ2) is 14.0. The van der Waals surface area contributed by atoms with Gasteiger partial charge in [0.2, 0.25) is 0 Å². The first-order chi connectivity index (χ1) is 20.4. The zero-order valence-corrected chi connectivity index (χ0v) is 26.5. The summed E-state index contributed by atoms with van der Waals surface area (Å²) < 4.78 is 21.4. The first-order valence-corrected chi connectivity index (χ1v) is 15.2. The molecule has 0 bridgehead atoms. The van der Waals surface area contributed by atoms with Gasteiger partial charge < -0.3 is 24.2 Å². The Morgan fingerprint density at radius 2 is 1.98 bits per heavy atom. The minimum Gasteiger partial charge on any atom is -0.479 e. The predicted octanol–water partition coefficient (Wildman–Crippen LogP) is 4.89. The Bertz CT molecular complexity index is 1390. The van der Waals surface area contributed by atoms with Crippen molar-refractivity contribution in [1.29, 1.82) is 0 Å². The number of hydrogen-bond acceptors (Lipinski definition) is 9. The summed E-state index contributed by atoms with van der Waals surface area (Å²) in [7, 11) is 0. The molecule has 3 aromatic rings. The van der Waals surface area contributed by atoms with Crippen LogP contribution >= 0.6 is 0 Å². The van der Waals surface area contributed by atoms with Crippen LogP contribution in [-0.2, 0) is 32.2 Å². The third-order valence-electron chi connectivity index (χ3n) is 7.53. The van der Waals surface area contributed by atoms with Gasteiger partial charge in [-0.25, -0.2) is 14.5 Å². The molecule has 43 heavy (non-hydrogen) atoms. The van der Waals surface area contributed by atoms with Gasteiger partial charge >= 0.3 is 5.97 Å². The predicted molar refractivity (Wildman–Crippen MR) is 163 cm³/mol. The summed E-state index contributed by atoms with van der Waals surface area (Å²) in [5, 5.41) is 23.7. The van der Waals surface area contributed by atoms with E-state index < -0.39 is 17.7 Å². The maximum Gasteiger partial charge on any atom is 0.337 e. The fourth-order valence-electron chi connectivity index (χ4n) is 5.34. The molecule has 1 fully saturated rings. The van der Waals surface area contributed by atoms with Crippen LogP contribution in [-0.4, -0.2) is 78.2 Å². The normalized spacial score (nSPS) is 16.1. The van der Waals surface area contributed by atoms with Crippen LogP contribution in [0.1, 0.15) is 95.5 Å². The number of unbranched alkanes of at least 4 members (excludes halogenated alkanes) is 2. The number of hydrogen-bond donors (Lipinski definition) is 1. The van der Waals surface area contributed by atoms with Gasteiger partial charge in [0.05, 0.1) is 48.4 Å².